The van der Waals surface area contributed by atoms with Crippen molar-refractivity contribution in [3.05, 3.63) is 18.3 Å². The number of hydrogen-bond donors (Lipinski definition) is 2. The Labute approximate surface area is 96.1 Å². The molecule has 2 heterocycles. The topological polar surface area (TPSA) is 62.4 Å². The number of nitrogens with zero attached hydrogens (tertiary/aromatic N) is 2. The molecule has 0 aliphatic carbocycles. The van der Waals surface area contributed by atoms with Crippen molar-refractivity contribution >= 4 is 11.5 Å². The average Bonchev–Trinajstić information content (AvgIpc) is 2.40. The molecule has 2 rings (SSSR count). The van der Waals surface area contributed by atoms with Gasteiger partial charge in [-0.2, -0.15) is 0 Å². The molecular formula is C12H19N3O. The molecule has 0 aromatic carbocycles. The number of nitrogens with two attached hydrogens (primary N) is 1. The maximum Gasteiger partial charge on any atom is 0.151 e. The Hall–Kier alpha value is -1.29. The minimum atomic E-state index is -0.543. The summed E-state index contributed by atoms with van der Waals surface area (Å²) in [5.74, 6) is 0.847. The van der Waals surface area contributed by atoms with Gasteiger partial charge in [-0.25, -0.2) is 4.98 Å². The fourth-order valence-electron chi connectivity index (χ4n) is 2.15. The van der Waals surface area contributed by atoms with Gasteiger partial charge in [-0.05, 0) is 38.3 Å². The van der Waals surface area contributed by atoms with E-state index in [0.29, 0.717) is 5.69 Å². The van der Waals surface area contributed by atoms with Crippen LogP contribution in [-0.2, 0) is 0 Å². The van der Waals surface area contributed by atoms with Gasteiger partial charge >= 0.3 is 0 Å². The third-order valence-electron chi connectivity index (χ3n) is 3.18. The van der Waals surface area contributed by atoms with Gasteiger partial charge in [0.25, 0.3) is 0 Å². The van der Waals surface area contributed by atoms with Gasteiger partial charge in [0.1, 0.15) is 0 Å². The third kappa shape index (κ3) is 2.44. The normalized spacial score (nSPS) is 26.5. The lowest BCUT2D eigenvalue weighted by atomic mass is 9.98. The Morgan fingerprint density at radius 3 is 3.00 bits per heavy atom. The molecule has 1 aliphatic heterocycles. The van der Waals surface area contributed by atoms with Crippen LogP contribution in [0.2, 0.25) is 0 Å². The summed E-state index contributed by atoms with van der Waals surface area (Å²) < 4.78 is 0. The fourth-order valence-corrected chi connectivity index (χ4v) is 2.15. The molecule has 1 saturated heterocycles. The van der Waals surface area contributed by atoms with Crippen LogP contribution in [0.3, 0.4) is 0 Å². The third-order valence-corrected chi connectivity index (χ3v) is 3.18. The summed E-state index contributed by atoms with van der Waals surface area (Å²) >= 11 is 0. The largest absolute Gasteiger partial charge is 0.396 e. The van der Waals surface area contributed by atoms with Crippen molar-refractivity contribution in [1.29, 1.82) is 0 Å². The summed E-state index contributed by atoms with van der Waals surface area (Å²) in [4.78, 5) is 6.47. The van der Waals surface area contributed by atoms with Crippen LogP contribution < -0.4 is 10.6 Å². The average molecular weight is 221 g/mol. The van der Waals surface area contributed by atoms with Crippen molar-refractivity contribution in [2.45, 2.75) is 31.8 Å². The van der Waals surface area contributed by atoms with Gasteiger partial charge in [0.15, 0.2) is 5.82 Å². The van der Waals surface area contributed by atoms with Crippen molar-refractivity contribution in [2.24, 2.45) is 0 Å². The number of nitrogen functional groups attached to an aromatic ring is 1. The molecule has 0 saturated carbocycles. The second-order valence-electron chi connectivity index (χ2n) is 4.75. The number of aromatic nitrogens is 1. The van der Waals surface area contributed by atoms with Crippen molar-refractivity contribution in [1.82, 2.24) is 4.98 Å². The summed E-state index contributed by atoms with van der Waals surface area (Å²) in [6.45, 7) is 3.63. The van der Waals surface area contributed by atoms with Crippen LogP contribution in [0.25, 0.3) is 0 Å². The lowest BCUT2D eigenvalue weighted by Crippen LogP contribution is -2.29. The van der Waals surface area contributed by atoms with E-state index in [0.717, 1.165) is 38.2 Å². The van der Waals surface area contributed by atoms with Crippen molar-refractivity contribution in [3.8, 4) is 0 Å². The summed E-state index contributed by atoms with van der Waals surface area (Å²) in [7, 11) is 0. The van der Waals surface area contributed by atoms with Gasteiger partial charge in [-0.1, -0.05) is 0 Å². The molecule has 4 nitrogen and oxygen atoms in total. The molecule has 0 bridgehead atoms. The van der Waals surface area contributed by atoms with Gasteiger partial charge in [0.2, 0.25) is 0 Å². The predicted octanol–water partition coefficient (Wildman–Crippen LogP) is 1.41. The molecule has 3 N–H and O–H groups in total. The Morgan fingerprint density at radius 2 is 2.25 bits per heavy atom. The van der Waals surface area contributed by atoms with Crippen LogP contribution in [0.5, 0.6) is 0 Å². The molecule has 1 aromatic heterocycles. The molecular weight excluding hydrogens is 202 g/mol. The Kier molecular flexibility index (Phi) is 3.01. The van der Waals surface area contributed by atoms with Gasteiger partial charge in [-0.15, -0.1) is 0 Å². The van der Waals surface area contributed by atoms with E-state index in [1.54, 1.807) is 6.20 Å². The maximum absolute atomic E-state index is 10.0. The molecule has 1 atom stereocenters. The predicted molar refractivity (Wildman–Crippen MR) is 65.3 cm³/mol. The highest BCUT2D eigenvalue weighted by molar-refractivity contribution is 5.62. The van der Waals surface area contributed by atoms with Crippen LogP contribution in [0.1, 0.15) is 26.2 Å². The molecule has 0 spiro atoms. The fraction of sp³-hybridized carbons (Fsp3) is 0.583. The quantitative estimate of drug-likeness (QED) is 0.752. The van der Waals surface area contributed by atoms with Gasteiger partial charge < -0.3 is 15.7 Å². The minimum Gasteiger partial charge on any atom is -0.396 e. The molecule has 0 radical (unpaired) electrons. The van der Waals surface area contributed by atoms with Crippen LogP contribution in [0.4, 0.5) is 11.5 Å². The lowest BCUT2D eigenvalue weighted by molar-refractivity contribution is 0.0481. The van der Waals surface area contributed by atoms with Crippen LogP contribution in [-0.4, -0.2) is 28.8 Å². The molecule has 88 valence electrons. The van der Waals surface area contributed by atoms with Gasteiger partial charge in [0.05, 0.1) is 11.3 Å². The van der Waals surface area contributed by atoms with Crippen LogP contribution in [0.15, 0.2) is 18.3 Å². The van der Waals surface area contributed by atoms with E-state index in [4.69, 9.17) is 5.73 Å². The number of hydrogen-bond acceptors (Lipinski definition) is 4. The molecule has 1 aromatic rings. The van der Waals surface area contributed by atoms with E-state index in [2.05, 4.69) is 9.88 Å². The Bertz CT molecular complexity index is 365. The second kappa shape index (κ2) is 4.29. The number of aliphatic hydroxyl groups is 1. The smallest absolute Gasteiger partial charge is 0.151 e. The first kappa shape index (κ1) is 11.2. The Morgan fingerprint density at radius 1 is 1.44 bits per heavy atom. The zero-order valence-electron chi connectivity index (χ0n) is 9.69. The second-order valence-corrected chi connectivity index (χ2v) is 4.75. The first-order chi connectivity index (χ1) is 7.58. The molecule has 1 aliphatic rings. The monoisotopic (exact) mass is 221 g/mol. The number of pyridine rings is 1. The molecule has 1 fully saturated rings. The number of rotatable bonds is 1. The minimum absolute atomic E-state index is 0.543. The highest BCUT2D eigenvalue weighted by Gasteiger charge is 2.25. The highest BCUT2D eigenvalue weighted by Crippen LogP contribution is 2.26. The van der Waals surface area contributed by atoms with Gasteiger partial charge in [-0.3, -0.25) is 0 Å². The Balaban J connectivity index is 2.14. The van der Waals surface area contributed by atoms with E-state index in [-0.39, 0.29) is 0 Å². The molecule has 0 amide bonds. The van der Waals surface area contributed by atoms with E-state index >= 15 is 0 Å². The van der Waals surface area contributed by atoms with Crippen molar-refractivity contribution < 1.29 is 5.11 Å². The van der Waals surface area contributed by atoms with E-state index in [1.165, 1.54) is 0 Å². The number of anilines is 2. The summed E-state index contributed by atoms with van der Waals surface area (Å²) in [5, 5.41) is 10.0. The van der Waals surface area contributed by atoms with Crippen LogP contribution in [0, 0.1) is 0 Å². The molecule has 1 unspecified atom stereocenters. The van der Waals surface area contributed by atoms with Crippen LogP contribution >= 0.6 is 0 Å². The summed E-state index contributed by atoms with van der Waals surface area (Å²) in [6, 6.07) is 3.71. The van der Waals surface area contributed by atoms with Crippen molar-refractivity contribution in [2.75, 3.05) is 23.7 Å². The summed E-state index contributed by atoms with van der Waals surface area (Å²) in [6.07, 6.45) is 4.34. The first-order valence-corrected chi connectivity index (χ1v) is 5.76. The molecule has 4 heteroatoms. The zero-order valence-corrected chi connectivity index (χ0v) is 9.69. The van der Waals surface area contributed by atoms with Gasteiger partial charge in [0, 0.05) is 19.3 Å². The highest BCUT2D eigenvalue weighted by atomic mass is 16.3. The van der Waals surface area contributed by atoms with E-state index < -0.39 is 5.60 Å². The molecule has 16 heavy (non-hydrogen) atoms. The zero-order chi connectivity index (χ0) is 11.6. The first-order valence-electron chi connectivity index (χ1n) is 5.76. The van der Waals surface area contributed by atoms with E-state index in [9.17, 15) is 5.11 Å². The van der Waals surface area contributed by atoms with Crippen molar-refractivity contribution in [3.63, 3.8) is 0 Å². The summed E-state index contributed by atoms with van der Waals surface area (Å²) in [5.41, 5.74) is 6.07. The standard InChI is InChI=1S/C12H19N3O/c1-12(16)5-3-8-15(9-6-12)11-10(13)4-2-7-14-11/h2,4,7,16H,3,5-6,8-9,13H2,1H3. The SMILES string of the molecule is CC1(O)CCCN(c2ncccc2N)CC1. The van der Waals surface area contributed by atoms with E-state index in [1.807, 2.05) is 19.1 Å². The lowest BCUT2D eigenvalue weighted by Gasteiger charge is -2.24. The maximum atomic E-state index is 10.0.